The van der Waals surface area contributed by atoms with Crippen molar-refractivity contribution in [3.8, 4) is 0 Å². The number of rotatable bonds is 6. The van der Waals surface area contributed by atoms with E-state index in [4.69, 9.17) is 5.73 Å². The molecule has 1 atom stereocenters. The zero-order chi connectivity index (χ0) is 11.3. The lowest BCUT2D eigenvalue weighted by Crippen LogP contribution is -2.09. The summed E-state index contributed by atoms with van der Waals surface area (Å²) in [5.74, 6) is 0. The number of hydrogen-bond donors (Lipinski definition) is 1. The normalized spacial score (nSPS) is 13.1. The van der Waals surface area contributed by atoms with E-state index >= 15 is 0 Å². The molecule has 15 heavy (non-hydrogen) atoms. The van der Waals surface area contributed by atoms with Crippen molar-refractivity contribution in [2.24, 2.45) is 5.73 Å². The quantitative estimate of drug-likeness (QED) is 0.751. The summed E-state index contributed by atoms with van der Waals surface area (Å²) in [6.07, 6.45) is 6.26. The highest BCUT2D eigenvalue weighted by Crippen LogP contribution is 2.26. The maximum absolute atomic E-state index is 6.16. The van der Waals surface area contributed by atoms with Crippen molar-refractivity contribution in [1.29, 1.82) is 0 Å². The third-order valence-corrected chi connectivity index (χ3v) is 3.85. The van der Waals surface area contributed by atoms with Crippen molar-refractivity contribution in [2.45, 2.75) is 58.9 Å². The van der Waals surface area contributed by atoms with Crippen LogP contribution in [0.2, 0.25) is 0 Å². The molecule has 1 rings (SSSR count). The van der Waals surface area contributed by atoms with Gasteiger partial charge in [-0.15, -0.1) is 11.3 Å². The third-order valence-electron chi connectivity index (χ3n) is 2.64. The second kappa shape index (κ2) is 6.23. The minimum Gasteiger partial charge on any atom is -0.323 e. The van der Waals surface area contributed by atoms with E-state index in [2.05, 4.69) is 18.8 Å². The van der Waals surface area contributed by atoms with Crippen molar-refractivity contribution in [2.75, 3.05) is 0 Å². The molecule has 0 aliphatic carbocycles. The molecule has 1 unspecified atom stereocenters. The number of aryl methyl sites for hydroxylation is 2. The first-order chi connectivity index (χ1) is 7.15. The molecule has 1 aromatic rings. The fourth-order valence-electron chi connectivity index (χ4n) is 1.81. The summed E-state index contributed by atoms with van der Waals surface area (Å²) in [4.78, 5) is 5.70. The first-order valence-corrected chi connectivity index (χ1v) is 6.66. The summed E-state index contributed by atoms with van der Waals surface area (Å²) in [7, 11) is 0. The van der Waals surface area contributed by atoms with Gasteiger partial charge in [0.2, 0.25) is 0 Å². The van der Waals surface area contributed by atoms with E-state index in [0.717, 1.165) is 17.1 Å². The lowest BCUT2D eigenvalue weighted by molar-refractivity contribution is 0.569. The molecule has 0 saturated carbocycles. The van der Waals surface area contributed by atoms with Crippen LogP contribution in [0.15, 0.2) is 0 Å². The van der Waals surface area contributed by atoms with Gasteiger partial charge in [0.25, 0.3) is 0 Å². The predicted octanol–water partition coefficient (Wildman–Crippen LogP) is 3.73. The molecule has 3 heteroatoms. The number of aromatic nitrogens is 1. The average Bonchev–Trinajstić information content (AvgIpc) is 2.52. The molecule has 0 spiro atoms. The van der Waals surface area contributed by atoms with Gasteiger partial charge < -0.3 is 5.73 Å². The Morgan fingerprint density at radius 2 is 2.00 bits per heavy atom. The molecule has 0 saturated heterocycles. The van der Waals surface area contributed by atoms with Crippen molar-refractivity contribution in [3.63, 3.8) is 0 Å². The van der Waals surface area contributed by atoms with Crippen LogP contribution in [0.1, 0.15) is 60.6 Å². The second-order valence-corrected chi connectivity index (χ2v) is 5.37. The minimum atomic E-state index is 0.202. The largest absolute Gasteiger partial charge is 0.323 e. The predicted molar refractivity (Wildman–Crippen MR) is 67.3 cm³/mol. The summed E-state index contributed by atoms with van der Waals surface area (Å²) in [5.41, 5.74) is 7.29. The van der Waals surface area contributed by atoms with Crippen LogP contribution in [0.3, 0.4) is 0 Å². The molecule has 1 aromatic heterocycles. The van der Waals surface area contributed by atoms with Gasteiger partial charge in [-0.05, 0) is 20.3 Å². The standard InChI is InChI=1S/C12H22N2S/c1-4-5-6-7-8-11(13)12-9(2)14-10(3)15-12/h11H,4-8,13H2,1-3H3. The number of unbranched alkanes of at least 4 members (excludes halogenated alkanes) is 3. The van der Waals surface area contributed by atoms with Gasteiger partial charge in [0.05, 0.1) is 10.7 Å². The molecule has 0 aliphatic rings. The summed E-state index contributed by atoms with van der Waals surface area (Å²) in [6.45, 7) is 6.34. The van der Waals surface area contributed by atoms with Crippen LogP contribution >= 0.6 is 11.3 Å². The van der Waals surface area contributed by atoms with Crippen molar-refractivity contribution in [1.82, 2.24) is 4.98 Å². The molecule has 0 radical (unpaired) electrons. The molecule has 86 valence electrons. The lowest BCUT2D eigenvalue weighted by atomic mass is 10.1. The molecule has 0 fully saturated rings. The Hall–Kier alpha value is -0.410. The molecule has 1 heterocycles. The van der Waals surface area contributed by atoms with Gasteiger partial charge in [-0.3, -0.25) is 0 Å². The minimum absolute atomic E-state index is 0.202. The summed E-state index contributed by atoms with van der Waals surface area (Å²) in [5, 5.41) is 1.13. The summed E-state index contributed by atoms with van der Waals surface area (Å²) < 4.78 is 0. The molecule has 2 nitrogen and oxygen atoms in total. The molecule has 0 aromatic carbocycles. The van der Waals surface area contributed by atoms with Crippen molar-refractivity contribution < 1.29 is 0 Å². The molecule has 0 amide bonds. The highest BCUT2D eigenvalue weighted by atomic mass is 32.1. The zero-order valence-corrected chi connectivity index (χ0v) is 10.9. The second-order valence-electron chi connectivity index (χ2n) is 4.14. The van der Waals surface area contributed by atoms with E-state index in [0.29, 0.717) is 0 Å². The van der Waals surface area contributed by atoms with E-state index < -0.39 is 0 Å². The topological polar surface area (TPSA) is 38.9 Å². The molecular weight excluding hydrogens is 204 g/mol. The van der Waals surface area contributed by atoms with Crippen LogP contribution in [-0.2, 0) is 0 Å². The fraction of sp³-hybridized carbons (Fsp3) is 0.750. The first kappa shape index (κ1) is 12.7. The van der Waals surface area contributed by atoms with E-state index in [9.17, 15) is 0 Å². The number of hydrogen-bond acceptors (Lipinski definition) is 3. The highest BCUT2D eigenvalue weighted by molar-refractivity contribution is 7.11. The van der Waals surface area contributed by atoms with Crippen LogP contribution in [-0.4, -0.2) is 4.98 Å². The molecular formula is C12H22N2S. The maximum Gasteiger partial charge on any atom is 0.0900 e. The van der Waals surface area contributed by atoms with Crippen molar-refractivity contribution >= 4 is 11.3 Å². The van der Waals surface area contributed by atoms with Crippen LogP contribution in [0.4, 0.5) is 0 Å². The van der Waals surface area contributed by atoms with Crippen LogP contribution in [0.5, 0.6) is 0 Å². The number of thiazole rings is 1. The van der Waals surface area contributed by atoms with Crippen molar-refractivity contribution in [3.05, 3.63) is 15.6 Å². The van der Waals surface area contributed by atoms with Gasteiger partial charge in [-0.2, -0.15) is 0 Å². The summed E-state index contributed by atoms with van der Waals surface area (Å²) in [6, 6.07) is 0.202. The van der Waals surface area contributed by atoms with E-state index in [1.807, 2.05) is 6.92 Å². The van der Waals surface area contributed by atoms with Crippen LogP contribution < -0.4 is 5.73 Å². The smallest absolute Gasteiger partial charge is 0.0900 e. The average molecular weight is 226 g/mol. The highest BCUT2D eigenvalue weighted by Gasteiger charge is 2.12. The fourth-order valence-corrected chi connectivity index (χ4v) is 2.78. The Balaban J connectivity index is 2.39. The number of nitrogens with two attached hydrogens (primary N) is 1. The Bertz CT molecular complexity index is 294. The Morgan fingerprint density at radius 1 is 1.27 bits per heavy atom. The number of nitrogens with zero attached hydrogens (tertiary/aromatic N) is 1. The Morgan fingerprint density at radius 3 is 2.53 bits per heavy atom. The third kappa shape index (κ3) is 3.92. The molecule has 0 bridgehead atoms. The van der Waals surface area contributed by atoms with E-state index in [1.165, 1.54) is 30.6 Å². The maximum atomic E-state index is 6.16. The van der Waals surface area contributed by atoms with E-state index in [1.54, 1.807) is 11.3 Å². The summed E-state index contributed by atoms with van der Waals surface area (Å²) >= 11 is 1.75. The van der Waals surface area contributed by atoms with Gasteiger partial charge in [0.1, 0.15) is 0 Å². The van der Waals surface area contributed by atoms with E-state index in [-0.39, 0.29) is 6.04 Å². The Kier molecular flexibility index (Phi) is 5.26. The van der Waals surface area contributed by atoms with Gasteiger partial charge in [-0.25, -0.2) is 4.98 Å². The zero-order valence-electron chi connectivity index (χ0n) is 10.0. The SMILES string of the molecule is CCCCCCC(N)c1sc(C)nc1C. The van der Waals surface area contributed by atoms with Crippen LogP contribution in [0.25, 0.3) is 0 Å². The first-order valence-electron chi connectivity index (χ1n) is 5.84. The van der Waals surface area contributed by atoms with Gasteiger partial charge in [-0.1, -0.05) is 32.6 Å². The monoisotopic (exact) mass is 226 g/mol. The van der Waals surface area contributed by atoms with Gasteiger partial charge in [0.15, 0.2) is 0 Å². The molecule has 2 N–H and O–H groups in total. The molecule has 0 aliphatic heterocycles. The lowest BCUT2D eigenvalue weighted by Gasteiger charge is -2.09. The Labute approximate surface area is 96.9 Å². The van der Waals surface area contributed by atoms with Gasteiger partial charge >= 0.3 is 0 Å². The van der Waals surface area contributed by atoms with Gasteiger partial charge in [0, 0.05) is 10.9 Å². The van der Waals surface area contributed by atoms with Crippen LogP contribution in [0, 0.1) is 13.8 Å².